The Labute approximate surface area is 158 Å². The van der Waals surface area contributed by atoms with Crippen LogP contribution in [-0.4, -0.2) is 25.0 Å². The normalized spacial score (nSPS) is 16.9. The molecule has 28 heavy (non-hydrogen) atoms. The van der Waals surface area contributed by atoms with Crippen molar-refractivity contribution in [3.63, 3.8) is 0 Å². The minimum Gasteiger partial charge on any atom is -0.338 e. The highest BCUT2D eigenvalue weighted by Crippen LogP contribution is 2.30. The van der Waals surface area contributed by atoms with Crippen molar-refractivity contribution in [3.05, 3.63) is 59.9 Å². The summed E-state index contributed by atoms with van der Waals surface area (Å²) >= 11 is 0. The third-order valence-corrected chi connectivity index (χ3v) is 4.34. The van der Waals surface area contributed by atoms with Crippen LogP contribution in [0.5, 0.6) is 0 Å². The first-order chi connectivity index (χ1) is 13.2. The number of amides is 3. The summed E-state index contributed by atoms with van der Waals surface area (Å²) in [6.45, 7) is 0.530. The first kappa shape index (κ1) is 19.7. The number of urea groups is 1. The molecule has 1 fully saturated rings. The third kappa shape index (κ3) is 4.79. The lowest BCUT2D eigenvalue weighted by atomic mass is 10.1. The SMILES string of the molecule is O=C(NC[C@H]1CC(=O)N(c2ccc(F)cc2)C1)Nc1cccc(C(F)(F)F)c1. The number of rotatable bonds is 4. The van der Waals surface area contributed by atoms with Crippen LogP contribution in [0.15, 0.2) is 48.5 Å². The number of nitrogens with zero attached hydrogens (tertiary/aromatic N) is 1. The molecule has 0 saturated carbocycles. The van der Waals surface area contributed by atoms with Crippen molar-refractivity contribution >= 4 is 23.3 Å². The third-order valence-electron chi connectivity index (χ3n) is 4.34. The van der Waals surface area contributed by atoms with Gasteiger partial charge < -0.3 is 15.5 Å². The quantitative estimate of drug-likeness (QED) is 0.769. The standard InChI is InChI=1S/C19H17F4N3O2/c20-14-4-6-16(7-5-14)26-11-12(8-17(26)27)10-24-18(28)25-15-3-1-2-13(9-15)19(21,22)23/h1-7,9,12H,8,10-11H2,(H2,24,25,28)/t12-/m1/s1. The monoisotopic (exact) mass is 395 g/mol. The van der Waals surface area contributed by atoms with Crippen LogP contribution in [0, 0.1) is 11.7 Å². The van der Waals surface area contributed by atoms with Gasteiger partial charge in [-0.3, -0.25) is 4.79 Å². The van der Waals surface area contributed by atoms with Crippen LogP contribution in [0.4, 0.5) is 33.7 Å². The molecule has 0 bridgehead atoms. The molecule has 5 nitrogen and oxygen atoms in total. The number of alkyl halides is 3. The molecular weight excluding hydrogens is 378 g/mol. The number of anilines is 2. The van der Waals surface area contributed by atoms with E-state index >= 15 is 0 Å². The van der Waals surface area contributed by atoms with Gasteiger partial charge in [0.15, 0.2) is 0 Å². The van der Waals surface area contributed by atoms with Crippen LogP contribution in [0.1, 0.15) is 12.0 Å². The number of carbonyl (C=O) groups is 2. The first-order valence-corrected chi connectivity index (χ1v) is 8.50. The zero-order valence-electron chi connectivity index (χ0n) is 14.6. The van der Waals surface area contributed by atoms with E-state index in [1.54, 1.807) is 0 Å². The van der Waals surface area contributed by atoms with E-state index in [9.17, 15) is 27.2 Å². The lowest BCUT2D eigenvalue weighted by molar-refractivity contribution is -0.137. The maximum atomic E-state index is 13.0. The molecule has 9 heteroatoms. The Morgan fingerprint density at radius 2 is 1.86 bits per heavy atom. The maximum Gasteiger partial charge on any atom is 0.416 e. The first-order valence-electron chi connectivity index (χ1n) is 8.50. The van der Waals surface area contributed by atoms with Gasteiger partial charge in [0.25, 0.3) is 0 Å². The Morgan fingerprint density at radius 1 is 1.14 bits per heavy atom. The molecule has 2 N–H and O–H groups in total. The summed E-state index contributed by atoms with van der Waals surface area (Å²) in [5, 5.41) is 4.91. The average Bonchev–Trinajstić information content (AvgIpc) is 3.01. The van der Waals surface area contributed by atoms with Gasteiger partial charge in [0, 0.05) is 36.8 Å². The van der Waals surface area contributed by atoms with E-state index in [1.165, 1.54) is 41.3 Å². The molecule has 148 valence electrons. The summed E-state index contributed by atoms with van der Waals surface area (Å²) in [5.41, 5.74) is -0.272. The van der Waals surface area contributed by atoms with Gasteiger partial charge in [-0.2, -0.15) is 13.2 Å². The summed E-state index contributed by atoms with van der Waals surface area (Å²) in [4.78, 5) is 25.6. The van der Waals surface area contributed by atoms with Gasteiger partial charge in [0.1, 0.15) is 5.82 Å². The highest BCUT2D eigenvalue weighted by atomic mass is 19.4. The smallest absolute Gasteiger partial charge is 0.338 e. The van der Waals surface area contributed by atoms with Crippen LogP contribution in [-0.2, 0) is 11.0 Å². The van der Waals surface area contributed by atoms with Gasteiger partial charge in [-0.1, -0.05) is 6.07 Å². The van der Waals surface area contributed by atoms with Gasteiger partial charge in [-0.05, 0) is 42.5 Å². The predicted octanol–water partition coefficient (Wildman–Crippen LogP) is 4.02. The summed E-state index contributed by atoms with van der Waals surface area (Å²) in [7, 11) is 0. The highest BCUT2D eigenvalue weighted by Gasteiger charge is 2.31. The topological polar surface area (TPSA) is 61.4 Å². The fourth-order valence-corrected chi connectivity index (χ4v) is 2.97. The van der Waals surface area contributed by atoms with E-state index in [1.807, 2.05) is 0 Å². The lowest BCUT2D eigenvalue weighted by Gasteiger charge is -2.17. The Balaban J connectivity index is 1.53. The van der Waals surface area contributed by atoms with E-state index in [4.69, 9.17) is 0 Å². The van der Waals surface area contributed by atoms with Gasteiger partial charge in [-0.15, -0.1) is 0 Å². The molecule has 0 spiro atoms. The van der Waals surface area contributed by atoms with Gasteiger partial charge in [0.05, 0.1) is 5.56 Å². The molecule has 0 aromatic heterocycles. The van der Waals surface area contributed by atoms with Crippen molar-refractivity contribution in [2.45, 2.75) is 12.6 Å². The highest BCUT2D eigenvalue weighted by molar-refractivity contribution is 5.96. The second-order valence-electron chi connectivity index (χ2n) is 6.46. The van der Waals surface area contributed by atoms with Crippen molar-refractivity contribution < 1.29 is 27.2 Å². The average molecular weight is 395 g/mol. The van der Waals surface area contributed by atoms with Crippen molar-refractivity contribution in [2.75, 3.05) is 23.3 Å². The van der Waals surface area contributed by atoms with Crippen LogP contribution in [0.3, 0.4) is 0 Å². The number of hydrogen-bond acceptors (Lipinski definition) is 2. The fourth-order valence-electron chi connectivity index (χ4n) is 2.97. The molecule has 1 heterocycles. The molecule has 0 aliphatic carbocycles. The van der Waals surface area contributed by atoms with E-state index in [-0.39, 0.29) is 30.5 Å². The summed E-state index contributed by atoms with van der Waals surface area (Å²) < 4.78 is 51.1. The second-order valence-corrected chi connectivity index (χ2v) is 6.46. The Kier molecular flexibility index (Phi) is 5.53. The fraction of sp³-hybridized carbons (Fsp3) is 0.263. The molecule has 1 aliphatic rings. The van der Waals surface area contributed by atoms with E-state index in [0.717, 1.165) is 12.1 Å². The van der Waals surface area contributed by atoms with E-state index in [0.29, 0.717) is 12.2 Å². The van der Waals surface area contributed by atoms with E-state index < -0.39 is 23.6 Å². The zero-order chi connectivity index (χ0) is 20.3. The van der Waals surface area contributed by atoms with Crippen molar-refractivity contribution in [1.29, 1.82) is 0 Å². The summed E-state index contributed by atoms with van der Waals surface area (Å²) in [6.07, 6.45) is -4.29. The molecule has 0 radical (unpaired) electrons. The summed E-state index contributed by atoms with van der Waals surface area (Å²) in [5.74, 6) is -0.707. The molecule has 3 rings (SSSR count). The molecule has 2 aromatic rings. The number of benzene rings is 2. The van der Waals surface area contributed by atoms with Gasteiger partial charge >= 0.3 is 12.2 Å². The molecule has 2 aromatic carbocycles. The molecular formula is C19H17F4N3O2. The molecule has 1 atom stereocenters. The van der Waals surface area contributed by atoms with Crippen LogP contribution in [0.2, 0.25) is 0 Å². The van der Waals surface area contributed by atoms with Crippen molar-refractivity contribution in [3.8, 4) is 0 Å². The Morgan fingerprint density at radius 3 is 2.54 bits per heavy atom. The molecule has 0 unspecified atom stereocenters. The van der Waals surface area contributed by atoms with Crippen LogP contribution in [0.25, 0.3) is 0 Å². The number of hydrogen-bond donors (Lipinski definition) is 2. The van der Waals surface area contributed by atoms with Crippen molar-refractivity contribution in [1.82, 2.24) is 5.32 Å². The minimum atomic E-state index is -4.50. The number of carbonyl (C=O) groups excluding carboxylic acids is 2. The Hall–Kier alpha value is -3.10. The van der Waals surface area contributed by atoms with Crippen LogP contribution >= 0.6 is 0 Å². The minimum absolute atomic E-state index is 0.0164. The second kappa shape index (κ2) is 7.87. The van der Waals surface area contributed by atoms with E-state index in [2.05, 4.69) is 10.6 Å². The Bertz CT molecular complexity index is 868. The number of halogens is 4. The van der Waals surface area contributed by atoms with Crippen LogP contribution < -0.4 is 15.5 Å². The summed E-state index contributed by atoms with van der Waals surface area (Å²) in [6, 6.07) is 9.18. The molecule has 1 saturated heterocycles. The lowest BCUT2D eigenvalue weighted by Crippen LogP contribution is -2.34. The van der Waals surface area contributed by atoms with Gasteiger partial charge in [-0.25, -0.2) is 9.18 Å². The largest absolute Gasteiger partial charge is 0.416 e. The molecule has 3 amide bonds. The number of nitrogens with one attached hydrogen (secondary N) is 2. The van der Waals surface area contributed by atoms with Gasteiger partial charge in [0.2, 0.25) is 5.91 Å². The molecule has 1 aliphatic heterocycles. The zero-order valence-corrected chi connectivity index (χ0v) is 14.6. The predicted molar refractivity (Wildman–Crippen MR) is 95.3 cm³/mol. The van der Waals surface area contributed by atoms with Crippen molar-refractivity contribution in [2.24, 2.45) is 5.92 Å². The maximum absolute atomic E-state index is 13.0.